The van der Waals surface area contributed by atoms with Crippen LogP contribution in [0.3, 0.4) is 0 Å². The highest BCUT2D eigenvalue weighted by Gasteiger charge is 2.34. The van der Waals surface area contributed by atoms with Crippen LogP contribution in [0.5, 0.6) is 0 Å². The lowest BCUT2D eigenvalue weighted by Gasteiger charge is -2.22. The van der Waals surface area contributed by atoms with E-state index in [0.29, 0.717) is 24.0 Å². The molecule has 1 N–H and O–H groups in total. The number of benzene rings is 2. The normalized spacial score (nSPS) is 14.7. The van der Waals surface area contributed by atoms with Gasteiger partial charge in [0.05, 0.1) is 16.9 Å². The minimum absolute atomic E-state index is 0.267. The molecule has 1 heterocycles. The van der Waals surface area contributed by atoms with Crippen LogP contribution in [-0.2, 0) is 6.18 Å². The second kappa shape index (κ2) is 10.6. The maximum Gasteiger partial charge on any atom is 0.418 e. The van der Waals surface area contributed by atoms with Crippen LogP contribution < -0.4 is 10.2 Å². The number of hydrogen-bond acceptors (Lipinski definition) is 3. The minimum Gasteiger partial charge on any atom is -0.307 e. The first kappa shape index (κ1) is 24.3. The molecule has 0 atom stereocenters. The number of amides is 2. The summed E-state index contributed by atoms with van der Waals surface area (Å²) in [6, 6.07) is 12.8. The summed E-state index contributed by atoms with van der Waals surface area (Å²) in [5.41, 5.74) is 1.92. The Morgan fingerprint density at radius 2 is 1.79 bits per heavy atom. The Labute approximate surface area is 201 Å². The molecule has 1 saturated carbocycles. The summed E-state index contributed by atoms with van der Waals surface area (Å²) in [4.78, 5) is 19.0. The maximum absolute atomic E-state index is 13.3. The van der Waals surface area contributed by atoms with Gasteiger partial charge in [-0.15, -0.1) is 11.3 Å². The first-order valence-corrected chi connectivity index (χ1v) is 12.6. The van der Waals surface area contributed by atoms with Gasteiger partial charge in [-0.05, 0) is 42.9 Å². The maximum atomic E-state index is 13.3. The molecular weight excluding hydrogens is 459 g/mol. The van der Waals surface area contributed by atoms with Crippen molar-refractivity contribution >= 4 is 28.2 Å². The van der Waals surface area contributed by atoms with Crippen molar-refractivity contribution in [3.63, 3.8) is 0 Å². The van der Waals surface area contributed by atoms with E-state index in [9.17, 15) is 18.0 Å². The third-order valence-corrected chi connectivity index (χ3v) is 7.04. The number of thiazole rings is 1. The zero-order valence-corrected chi connectivity index (χ0v) is 19.9. The van der Waals surface area contributed by atoms with E-state index >= 15 is 0 Å². The SMILES string of the molecule is CCCN(C(=O)Nc1ccccc1C(F)(F)F)c1nc(-c2ccc(C3CCCCC3)cc2)cs1. The smallest absolute Gasteiger partial charge is 0.307 e. The number of para-hydroxylation sites is 1. The average molecular weight is 488 g/mol. The van der Waals surface area contributed by atoms with Gasteiger partial charge >= 0.3 is 12.2 Å². The molecule has 4 nitrogen and oxygen atoms in total. The molecule has 0 unspecified atom stereocenters. The van der Waals surface area contributed by atoms with Crippen molar-refractivity contribution in [3.8, 4) is 11.3 Å². The van der Waals surface area contributed by atoms with Crippen LogP contribution in [0.4, 0.5) is 28.8 Å². The summed E-state index contributed by atoms with van der Waals surface area (Å²) in [5.74, 6) is 0.622. The molecule has 0 spiro atoms. The number of aromatic nitrogens is 1. The van der Waals surface area contributed by atoms with E-state index in [1.807, 2.05) is 12.3 Å². The van der Waals surface area contributed by atoms with Crippen molar-refractivity contribution in [2.75, 3.05) is 16.8 Å². The molecule has 34 heavy (non-hydrogen) atoms. The van der Waals surface area contributed by atoms with Crippen LogP contribution in [0.15, 0.2) is 53.9 Å². The molecular formula is C26H28F3N3OS. The van der Waals surface area contributed by atoms with Gasteiger partial charge in [0.1, 0.15) is 0 Å². The third-order valence-electron chi connectivity index (χ3n) is 6.17. The zero-order valence-electron chi connectivity index (χ0n) is 19.1. The van der Waals surface area contributed by atoms with Crippen LogP contribution in [0.2, 0.25) is 0 Å². The van der Waals surface area contributed by atoms with E-state index in [-0.39, 0.29) is 5.69 Å². The van der Waals surface area contributed by atoms with Crippen molar-refractivity contribution in [1.29, 1.82) is 0 Å². The number of carbonyl (C=O) groups excluding carboxylic acids is 1. The van der Waals surface area contributed by atoms with E-state index in [0.717, 1.165) is 17.3 Å². The van der Waals surface area contributed by atoms with Crippen molar-refractivity contribution in [1.82, 2.24) is 4.98 Å². The summed E-state index contributed by atoms with van der Waals surface area (Å²) >= 11 is 1.31. The first-order valence-electron chi connectivity index (χ1n) is 11.7. The number of urea groups is 1. The van der Waals surface area contributed by atoms with Gasteiger partial charge in [-0.2, -0.15) is 13.2 Å². The predicted octanol–water partition coefficient (Wildman–Crippen LogP) is 8.33. The second-order valence-corrected chi connectivity index (χ2v) is 9.43. The van der Waals surface area contributed by atoms with Gasteiger partial charge in [0.2, 0.25) is 0 Å². The van der Waals surface area contributed by atoms with E-state index in [4.69, 9.17) is 0 Å². The summed E-state index contributed by atoms with van der Waals surface area (Å²) in [6.07, 6.45) is 2.43. The van der Waals surface area contributed by atoms with Gasteiger partial charge in [0, 0.05) is 17.5 Å². The number of nitrogens with zero attached hydrogens (tertiary/aromatic N) is 2. The van der Waals surface area contributed by atoms with Gasteiger partial charge in [-0.3, -0.25) is 4.90 Å². The fourth-order valence-electron chi connectivity index (χ4n) is 4.41. The number of hydrogen-bond donors (Lipinski definition) is 1. The Bertz CT molecular complexity index is 1100. The van der Waals surface area contributed by atoms with Crippen molar-refractivity contribution < 1.29 is 18.0 Å². The Hall–Kier alpha value is -2.87. The van der Waals surface area contributed by atoms with Gasteiger partial charge in [-0.1, -0.05) is 62.6 Å². The molecule has 2 aromatic carbocycles. The van der Waals surface area contributed by atoms with E-state index in [1.54, 1.807) is 0 Å². The fraction of sp³-hybridized carbons (Fsp3) is 0.385. The molecule has 1 aliphatic carbocycles. The highest BCUT2D eigenvalue weighted by atomic mass is 32.1. The van der Waals surface area contributed by atoms with Gasteiger partial charge in [0.15, 0.2) is 5.13 Å². The molecule has 0 aliphatic heterocycles. The monoisotopic (exact) mass is 487 g/mol. The van der Waals surface area contributed by atoms with Gasteiger partial charge in [0.25, 0.3) is 0 Å². The first-order chi connectivity index (χ1) is 16.4. The predicted molar refractivity (Wildman–Crippen MR) is 131 cm³/mol. The van der Waals surface area contributed by atoms with Gasteiger partial charge in [-0.25, -0.2) is 9.78 Å². The molecule has 1 aliphatic rings. The lowest BCUT2D eigenvalue weighted by Crippen LogP contribution is -2.36. The third kappa shape index (κ3) is 5.60. The molecule has 3 aromatic rings. The number of alkyl halides is 3. The minimum atomic E-state index is -4.56. The lowest BCUT2D eigenvalue weighted by molar-refractivity contribution is -0.136. The Morgan fingerprint density at radius 1 is 1.09 bits per heavy atom. The summed E-state index contributed by atoms with van der Waals surface area (Å²) in [7, 11) is 0. The Balaban J connectivity index is 1.51. The lowest BCUT2D eigenvalue weighted by atomic mass is 9.84. The largest absolute Gasteiger partial charge is 0.418 e. The molecule has 8 heteroatoms. The van der Waals surface area contributed by atoms with Crippen LogP contribution in [0, 0.1) is 0 Å². The van der Waals surface area contributed by atoms with Crippen molar-refractivity contribution in [2.24, 2.45) is 0 Å². The molecule has 0 bridgehead atoms. The van der Waals surface area contributed by atoms with Crippen LogP contribution in [0.25, 0.3) is 11.3 Å². The van der Waals surface area contributed by atoms with Crippen LogP contribution in [-0.4, -0.2) is 17.6 Å². The molecule has 2 amide bonds. The fourth-order valence-corrected chi connectivity index (χ4v) is 5.27. The molecule has 0 radical (unpaired) electrons. The summed E-state index contributed by atoms with van der Waals surface area (Å²) in [6.45, 7) is 2.25. The number of nitrogens with one attached hydrogen (secondary N) is 1. The van der Waals surface area contributed by atoms with Crippen molar-refractivity contribution in [2.45, 2.75) is 57.5 Å². The van der Waals surface area contributed by atoms with E-state index in [2.05, 4.69) is 34.6 Å². The Morgan fingerprint density at radius 3 is 2.47 bits per heavy atom. The average Bonchev–Trinajstić information content (AvgIpc) is 3.32. The standard InChI is InChI=1S/C26H28F3N3OS/c1-2-16-32(24(33)30-22-11-7-6-10-21(22)26(27,28)29)25-31-23(17-34-25)20-14-12-19(13-15-20)18-8-4-3-5-9-18/h6-7,10-15,17-18H,2-5,8-9,16H2,1H3,(H,30,33). The number of anilines is 2. The Kier molecular flexibility index (Phi) is 7.56. The molecule has 1 aromatic heterocycles. The molecule has 180 valence electrons. The van der Waals surface area contributed by atoms with E-state index < -0.39 is 17.8 Å². The number of rotatable bonds is 6. The quantitative estimate of drug-likeness (QED) is 0.380. The molecule has 0 saturated heterocycles. The van der Waals surface area contributed by atoms with Crippen LogP contribution >= 0.6 is 11.3 Å². The molecule has 1 fully saturated rings. The molecule has 4 rings (SSSR count). The highest BCUT2D eigenvalue weighted by molar-refractivity contribution is 7.14. The zero-order chi connectivity index (χ0) is 24.1. The summed E-state index contributed by atoms with van der Waals surface area (Å²) in [5, 5.41) is 4.76. The van der Waals surface area contributed by atoms with E-state index in [1.165, 1.54) is 72.1 Å². The number of carbonyl (C=O) groups is 1. The summed E-state index contributed by atoms with van der Waals surface area (Å²) < 4.78 is 40.0. The topological polar surface area (TPSA) is 45.2 Å². The second-order valence-electron chi connectivity index (χ2n) is 8.60. The van der Waals surface area contributed by atoms with Crippen molar-refractivity contribution in [3.05, 3.63) is 65.0 Å². The van der Waals surface area contributed by atoms with Gasteiger partial charge < -0.3 is 5.32 Å². The number of halogens is 3. The highest BCUT2D eigenvalue weighted by Crippen LogP contribution is 2.36. The van der Waals surface area contributed by atoms with Crippen LogP contribution in [0.1, 0.15) is 62.5 Å².